The van der Waals surface area contributed by atoms with Gasteiger partial charge in [-0.05, 0) is 12.1 Å². The minimum Gasteiger partial charge on any atom is -0.497 e. The van der Waals surface area contributed by atoms with Gasteiger partial charge in [-0.2, -0.15) is 10.5 Å². The molecule has 0 saturated carbocycles. The predicted octanol–water partition coefficient (Wildman–Crippen LogP) is 0.692. The Kier molecular flexibility index (Phi) is 3.16. The summed E-state index contributed by atoms with van der Waals surface area (Å²) >= 11 is 0. The smallest absolute Gasteiger partial charge is 0.193 e. The van der Waals surface area contributed by atoms with Crippen molar-refractivity contribution >= 4 is 5.69 Å². The van der Waals surface area contributed by atoms with Crippen LogP contribution in [0, 0.1) is 11.3 Å². The van der Waals surface area contributed by atoms with Crippen LogP contribution in [0.1, 0.15) is 11.4 Å². The molecular formula is C10H10N6O. The second-order valence-corrected chi connectivity index (χ2v) is 3.20. The van der Waals surface area contributed by atoms with Gasteiger partial charge in [0.1, 0.15) is 11.8 Å². The van der Waals surface area contributed by atoms with Gasteiger partial charge in [0.05, 0.1) is 24.9 Å². The number of methoxy groups -OCH3 is 1. The Hall–Kier alpha value is -2.62. The number of aromatic amines is 1. The van der Waals surface area contributed by atoms with Gasteiger partial charge in [0.15, 0.2) is 5.82 Å². The molecule has 7 nitrogen and oxygen atoms in total. The summed E-state index contributed by atoms with van der Waals surface area (Å²) in [6, 6.07) is 7.27. The number of H-pyrrole nitrogens is 1. The molecule has 1 aromatic carbocycles. The van der Waals surface area contributed by atoms with Crippen molar-refractivity contribution in [3.05, 3.63) is 29.6 Å². The van der Waals surface area contributed by atoms with Crippen LogP contribution < -0.4 is 10.1 Å². The summed E-state index contributed by atoms with van der Waals surface area (Å²) in [5.41, 5.74) is 1.21. The van der Waals surface area contributed by atoms with Crippen LogP contribution in [0.4, 0.5) is 5.69 Å². The molecule has 2 N–H and O–H groups in total. The maximum Gasteiger partial charge on any atom is 0.193 e. The number of tetrazole rings is 1. The van der Waals surface area contributed by atoms with E-state index in [1.807, 2.05) is 0 Å². The van der Waals surface area contributed by atoms with Crippen LogP contribution in [0.15, 0.2) is 18.2 Å². The largest absolute Gasteiger partial charge is 0.497 e. The number of benzene rings is 1. The Balaban J connectivity index is 2.16. The number of anilines is 1. The van der Waals surface area contributed by atoms with Gasteiger partial charge in [-0.3, -0.25) is 0 Å². The fourth-order valence-electron chi connectivity index (χ4n) is 1.33. The van der Waals surface area contributed by atoms with Gasteiger partial charge in [-0.15, -0.1) is 10.2 Å². The van der Waals surface area contributed by atoms with E-state index >= 15 is 0 Å². The zero-order valence-corrected chi connectivity index (χ0v) is 9.14. The van der Waals surface area contributed by atoms with Crippen molar-refractivity contribution in [3.8, 4) is 11.8 Å². The summed E-state index contributed by atoms with van der Waals surface area (Å²) in [5, 5.41) is 25.4. The number of nitriles is 1. The molecule has 86 valence electrons. The Bertz CT molecular complexity index is 530. The Labute approximate surface area is 97.4 Å². The molecule has 0 bridgehead atoms. The first-order valence-corrected chi connectivity index (χ1v) is 4.88. The number of nitrogens with zero attached hydrogens (tertiary/aromatic N) is 4. The number of nitrogens with one attached hydrogen (secondary N) is 2. The topological polar surface area (TPSA) is 99.5 Å². The standard InChI is InChI=1S/C10H10N6O/c1-17-8-3-2-7(5-11)9(4-8)12-6-10-13-15-16-14-10/h2-4,12H,6H2,1H3,(H,13,14,15,16). The molecule has 0 saturated heterocycles. The van der Waals surface area contributed by atoms with Crippen molar-refractivity contribution in [2.75, 3.05) is 12.4 Å². The van der Waals surface area contributed by atoms with E-state index in [9.17, 15) is 0 Å². The first-order valence-electron chi connectivity index (χ1n) is 4.88. The monoisotopic (exact) mass is 230 g/mol. The van der Waals surface area contributed by atoms with Crippen molar-refractivity contribution in [1.29, 1.82) is 5.26 Å². The molecule has 2 aromatic rings. The van der Waals surface area contributed by atoms with Gasteiger partial charge >= 0.3 is 0 Å². The summed E-state index contributed by atoms with van der Waals surface area (Å²) in [6.07, 6.45) is 0. The average molecular weight is 230 g/mol. The SMILES string of the molecule is COc1ccc(C#N)c(NCc2nn[nH]n2)c1. The van der Waals surface area contributed by atoms with Crippen molar-refractivity contribution in [2.45, 2.75) is 6.54 Å². The number of rotatable bonds is 4. The van der Waals surface area contributed by atoms with E-state index in [-0.39, 0.29) is 0 Å². The Morgan fingerprint density at radius 1 is 1.53 bits per heavy atom. The zero-order valence-electron chi connectivity index (χ0n) is 9.14. The van der Waals surface area contributed by atoms with E-state index in [4.69, 9.17) is 10.00 Å². The molecule has 0 aliphatic heterocycles. The molecular weight excluding hydrogens is 220 g/mol. The third kappa shape index (κ3) is 2.49. The minimum absolute atomic E-state index is 0.387. The van der Waals surface area contributed by atoms with Gasteiger partial charge in [-0.25, -0.2) is 0 Å². The highest BCUT2D eigenvalue weighted by molar-refractivity contribution is 5.60. The maximum atomic E-state index is 8.96. The molecule has 0 fully saturated rings. The first-order chi connectivity index (χ1) is 8.33. The Morgan fingerprint density at radius 3 is 3.06 bits per heavy atom. The molecule has 0 spiro atoms. The van der Waals surface area contributed by atoms with Crippen LogP contribution in [0.3, 0.4) is 0 Å². The molecule has 0 aliphatic carbocycles. The molecule has 0 radical (unpaired) electrons. The van der Waals surface area contributed by atoms with E-state index in [0.717, 1.165) is 0 Å². The lowest BCUT2D eigenvalue weighted by Crippen LogP contribution is -2.03. The fourth-order valence-corrected chi connectivity index (χ4v) is 1.33. The molecule has 2 rings (SSSR count). The van der Waals surface area contributed by atoms with Crippen LogP contribution in [-0.2, 0) is 6.54 Å². The lowest BCUT2D eigenvalue weighted by atomic mass is 10.2. The molecule has 0 atom stereocenters. The summed E-state index contributed by atoms with van der Waals surface area (Å²) in [6.45, 7) is 0.387. The second-order valence-electron chi connectivity index (χ2n) is 3.20. The van der Waals surface area contributed by atoms with Gasteiger partial charge in [0, 0.05) is 6.07 Å². The Morgan fingerprint density at radius 2 is 2.41 bits per heavy atom. The third-order valence-electron chi connectivity index (χ3n) is 2.17. The van der Waals surface area contributed by atoms with Crippen LogP contribution in [0.25, 0.3) is 0 Å². The van der Waals surface area contributed by atoms with Crippen LogP contribution in [0.5, 0.6) is 5.75 Å². The fraction of sp³-hybridized carbons (Fsp3) is 0.200. The van der Waals surface area contributed by atoms with E-state index in [2.05, 4.69) is 32.0 Å². The highest BCUT2D eigenvalue weighted by Gasteiger charge is 2.05. The van der Waals surface area contributed by atoms with Gasteiger partial charge in [0.2, 0.25) is 0 Å². The minimum atomic E-state index is 0.387. The number of aromatic nitrogens is 4. The third-order valence-corrected chi connectivity index (χ3v) is 2.17. The van der Waals surface area contributed by atoms with E-state index < -0.39 is 0 Å². The summed E-state index contributed by atoms with van der Waals surface area (Å²) < 4.78 is 5.09. The molecule has 17 heavy (non-hydrogen) atoms. The summed E-state index contributed by atoms with van der Waals surface area (Å²) in [5.74, 6) is 1.20. The molecule has 0 amide bonds. The van der Waals surface area contributed by atoms with Crippen LogP contribution in [-0.4, -0.2) is 27.7 Å². The summed E-state index contributed by atoms with van der Waals surface area (Å²) in [4.78, 5) is 0. The average Bonchev–Trinajstić information content (AvgIpc) is 2.89. The van der Waals surface area contributed by atoms with Crippen LogP contribution in [0.2, 0.25) is 0 Å². The van der Waals surface area contributed by atoms with Crippen molar-refractivity contribution in [3.63, 3.8) is 0 Å². The maximum absolute atomic E-state index is 8.96. The van der Waals surface area contributed by atoms with E-state index in [0.29, 0.717) is 29.4 Å². The number of hydrogen-bond donors (Lipinski definition) is 2. The molecule has 0 aliphatic rings. The zero-order chi connectivity index (χ0) is 12.1. The highest BCUT2D eigenvalue weighted by Crippen LogP contribution is 2.22. The molecule has 1 aromatic heterocycles. The number of ether oxygens (including phenoxy) is 1. The molecule has 0 unspecified atom stereocenters. The quantitative estimate of drug-likeness (QED) is 0.801. The molecule has 7 heteroatoms. The van der Waals surface area contributed by atoms with E-state index in [1.54, 1.807) is 25.3 Å². The van der Waals surface area contributed by atoms with Gasteiger partial charge < -0.3 is 10.1 Å². The van der Waals surface area contributed by atoms with Crippen LogP contribution >= 0.6 is 0 Å². The lowest BCUT2D eigenvalue weighted by Gasteiger charge is -2.07. The van der Waals surface area contributed by atoms with Crippen molar-refractivity contribution in [1.82, 2.24) is 20.6 Å². The second kappa shape index (κ2) is 4.94. The predicted molar refractivity (Wildman–Crippen MR) is 59.2 cm³/mol. The normalized spacial score (nSPS) is 9.65. The lowest BCUT2D eigenvalue weighted by molar-refractivity contribution is 0.415. The van der Waals surface area contributed by atoms with E-state index in [1.165, 1.54) is 0 Å². The highest BCUT2D eigenvalue weighted by atomic mass is 16.5. The first kappa shape index (κ1) is 10.9. The summed E-state index contributed by atoms with van der Waals surface area (Å²) in [7, 11) is 1.57. The van der Waals surface area contributed by atoms with Gasteiger partial charge in [-0.1, -0.05) is 5.21 Å². The van der Waals surface area contributed by atoms with Crippen molar-refractivity contribution in [2.24, 2.45) is 0 Å². The van der Waals surface area contributed by atoms with Crippen molar-refractivity contribution < 1.29 is 4.74 Å². The number of hydrogen-bond acceptors (Lipinski definition) is 6. The van der Waals surface area contributed by atoms with Gasteiger partial charge in [0.25, 0.3) is 0 Å². The molecule has 1 heterocycles.